The highest BCUT2D eigenvalue weighted by Gasteiger charge is 2.36. The molecule has 1 N–H and O–H groups in total. The molecule has 0 radical (unpaired) electrons. The maximum Gasteiger partial charge on any atom is 0.511 e. The van der Waals surface area contributed by atoms with Gasteiger partial charge in [-0.3, -0.25) is 0 Å². The number of rotatable bonds is 3. The summed E-state index contributed by atoms with van der Waals surface area (Å²) < 4.78 is 8.87. The Balaban J connectivity index is 4.55. The van der Waals surface area contributed by atoms with E-state index in [1.807, 2.05) is 5.92 Å². The third-order valence-corrected chi connectivity index (χ3v) is 1.33. The molecule has 0 aromatic heterocycles. The van der Waals surface area contributed by atoms with Crippen LogP contribution in [0.4, 0.5) is 4.79 Å². The lowest BCUT2D eigenvalue weighted by Gasteiger charge is -2.17. The van der Waals surface area contributed by atoms with Gasteiger partial charge in [0.05, 0.1) is 0 Å². The fourth-order valence-electron chi connectivity index (χ4n) is 0.658. The van der Waals surface area contributed by atoms with Crippen LogP contribution in [0.5, 0.6) is 0 Å². The van der Waals surface area contributed by atoms with Gasteiger partial charge in [-0.05, 0) is 19.8 Å². The van der Waals surface area contributed by atoms with Crippen molar-refractivity contribution in [1.82, 2.24) is 0 Å². The lowest BCUT2D eigenvalue weighted by atomic mass is 10.1. The van der Waals surface area contributed by atoms with Gasteiger partial charge in [-0.25, -0.2) is 9.59 Å². The highest BCUT2D eigenvalue weighted by molar-refractivity contribution is 5.83. The van der Waals surface area contributed by atoms with Gasteiger partial charge >= 0.3 is 12.1 Å². The van der Waals surface area contributed by atoms with E-state index < -0.39 is 17.7 Å². The van der Waals surface area contributed by atoms with Crippen LogP contribution in [0.3, 0.4) is 0 Å². The molecule has 0 aromatic carbocycles. The molecule has 15 heavy (non-hydrogen) atoms. The second kappa shape index (κ2) is 5.56. The van der Waals surface area contributed by atoms with Crippen molar-refractivity contribution in [3.63, 3.8) is 0 Å². The van der Waals surface area contributed by atoms with E-state index in [1.54, 1.807) is 0 Å². The molecular formula is C10H10O5. The smallest absolute Gasteiger partial charge is 0.478 e. The number of aliphatic carboxylic acids is 1. The summed E-state index contributed by atoms with van der Waals surface area (Å²) in [6.45, 7) is 2.29. The van der Waals surface area contributed by atoms with E-state index >= 15 is 0 Å². The topological polar surface area (TPSA) is 72.8 Å². The zero-order valence-corrected chi connectivity index (χ0v) is 8.36. The molecule has 1 atom stereocenters. The Labute approximate surface area is 87.4 Å². The number of carboxylic acids is 1. The van der Waals surface area contributed by atoms with Gasteiger partial charge in [-0.2, -0.15) is 0 Å². The van der Waals surface area contributed by atoms with Crippen molar-refractivity contribution in [2.24, 2.45) is 0 Å². The fraction of sp³-hybridized carbons (Fsp3) is 0.400. The van der Waals surface area contributed by atoms with Gasteiger partial charge in [0.2, 0.25) is 0 Å². The van der Waals surface area contributed by atoms with Crippen LogP contribution in [0, 0.1) is 24.2 Å². The number of carbonyl (C=O) groups is 2. The molecule has 0 aliphatic carbocycles. The Bertz CT molecular complexity index is 354. The van der Waals surface area contributed by atoms with Crippen molar-refractivity contribution in [2.75, 3.05) is 6.61 Å². The van der Waals surface area contributed by atoms with Gasteiger partial charge in [0.25, 0.3) is 5.60 Å². The molecule has 5 heteroatoms. The second-order valence-corrected chi connectivity index (χ2v) is 2.56. The zero-order valence-electron chi connectivity index (χ0n) is 8.36. The normalized spacial score (nSPS) is 12.3. The van der Waals surface area contributed by atoms with Crippen LogP contribution >= 0.6 is 0 Å². The van der Waals surface area contributed by atoms with E-state index in [-0.39, 0.29) is 6.61 Å². The molecule has 0 saturated carbocycles. The molecule has 80 valence electrons. The summed E-state index contributed by atoms with van der Waals surface area (Å²) in [7, 11) is 0. The number of carbonyl (C=O) groups excluding carboxylic acids is 1. The van der Waals surface area contributed by atoms with Crippen LogP contribution in [0.15, 0.2) is 0 Å². The molecule has 0 amide bonds. The van der Waals surface area contributed by atoms with E-state index in [0.717, 1.165) is 6.92 Å². The SMILES string of the molecule is C#CCOC(=O)OC(C)(C#CC)C(=O)O. The van der Waals surface area contributed by atoms with Crippen molar-refractivity contribution in [3.8, 4) is 24.2 Å². The molecule has 0 bridgehead atoms. The monoisotopic (exact) mass is 210 g/mol. The average Bonchev–Trinajstić information content (AvgIpc) is 2.14. The van der Waals surface area contributed by atoms with Crippen LogP contribution in [0.1, 0.15) is 13.8 Å². The van der Waals surface area contributed by atoms with E-state index in [1.165, 1.54) is 6.92 Å². The van der Waals surface area contributed by atoms with Gasteiger partial charge in [0.15, 0.2) is 6.61 Å². The highest BCUT2D eigenvalue weighted by Crippen LogP contribution is 2.10. The molecule has 0 rings (SSSR count). The predicted molar refractivity (Wildman–Crippen MR) is 50.8 cm³/mol. The van der Waals surface area contributed by atoms with Crippen molar-refractivity contribution in [3.05, 3.63) is 0 Å². The van der Waals surface area contributed by atoms with Crippen molar-refractivity contribution >= 4 is 12.1 Å². The molecule has 0 spiro atoms. The van der Waals surface area contributed by atoms with E-state index in [4.69, 9.17) is 11.5 Å². The summed E-state index contributed by atoms with van der Waals surface area (Å²) in [5.41, 5.74) is -1.92. The maximum atomic E-state index is 10.9. The fourth-order valence-corrected chi connectivity index (χ4v) is 0.658. The molecular weight excluding hydrogens is 200 g/mol. The lowest BCUT2D eigenvalue weighted by molar-refractivity contribution is -0.153. The van der Waals surface area contributed by atoms with Crippen molar-refractivity contribution in [2.45, 2.75) is 19.4 Å². The number of ether oxygens (including phenoxy) is 2. The molecule has 0 aliphatic rings. The van der Waals surface area contributed by atoms with E-state index in [0.29, 0.717) is 0 Å². The number of terminal acetylenes is 1. The summed E-state index contributed by atoms with van der Waals surface area (Å²) in [5, 5.41) is 8.76. The largest absolute Gasteiger partial charge is 0.511 e. The standard InChI is InChI=1S/C10H10O5/c1-4-6-10(3,8(11)12)15-9(13)14-7-5-2/h2H,7H2,1,3H3,(H,11,12). The number of carboxylic acid groups (broad SMARTS) is 1. The van der Waals surface area contributed by atoms with Gasteiger partial charge in [0, 0.05) is 0 Å². The Morgan fingerprint density at radius 1 is 1.53 bits per heavy atom. The zero-order chi connectivity index (χ0) is 11.9. The van der Waals surface area contributed by atoms with Crippen molar-refractivity contribution < 1.29 is 24.2 Å². The molecule has 1 unspecified atom stereocenters. The van der Waals surface area contributed by atoms with Crippen LogP contribution in [-0.2, 0) is 14.3 Å². The van der Waals surface area contributed by atoms with Crippen LogP contribution < -0.4 is 0 Å². The molecule has 0 fully saturated rings. The first kappa shape index (κ1) is 12.9. The summed E-state index contributed by atoms with van der Waals surface area (Å²) in [6.07, 6.45) is 3.67. The van der Waals surface area contributed by atoms with Crippen LogP contribution in [0.2, 0.25) is 0 Å². The minimum atomic E-state index is -1.92. The highest BCUT2D eigenvalue weighted by atomic mass is 16.7. The average molecular weight is 210 g/mol. The molecule has 0 saturated heterocycles. The van der Waals surface area contributed by atoms with Crippen LogP contribution in [-0.4, -0.2) is 29.4 Å². The first-order chi connectivity index (χ1) is 6.96. The first-order valence-electron chi connectivity index (χ1n) is 3.93. The number of hydrogen-bond acceptors (Lipinski definition) is 4. The summed E-state index contributed by atoms with van der Waals surface area (Å²) in [6, 6.07) is 0. The van der Waals surface area contributed by atoms with Gasteiger partial charge in [-0.15, -0.1) is 12.3 Å². The summed E-state index contributed by atoms with van der Waals surface area (Å²) in [4.78, 5) is 21.7. The minimum Gasteiger partial charge on any atom is -0.478 e. The first-order valence-corrected chi connectivity index (χ1v) is 3.93. The minimum absolute atomic E-state index is 0.284. The van der Waals surface area contributed by atoms with E-state index in [9.17, 15) is 9.59 Å². The Morgan fingerprint density at radius 3 is 2.53 bits per heavy atom. The third kappa shape index (κ3) is 4.06. The number of hydrogen-bond donors (Lipinski definition) is 1. The molecule has 0 aliphatic heterocycles. The van der Waals surface area contributed by atoms with Gasteiger partial charge in [0.1, 0.15) is 0 Å². The summed E-state index contributed by atoms with van der Waals surface area (Å²) >= 11 is 0. The van der Waals surface area contributed by atoms with Gasteiger partial charge in [-0.1, -0.05) is 5.92 Å². The lowest BCUT2D eigenvalue weighted by Crippen LogP contribution is -2.39. The second-order valence-electron chi connectivity index (χ2n) is 2.56. The van der Waals surface area contributed by atoms with E-state index in [2.05, 4.69) is 21.3 Å². The molecule has 0 aromatic rings. The Hall–Kier alpha value is -2.14. The maximum absolute atomic E-state index is 10.9. The molecule has 0 heterocycles. The van der Waals surface area contributed by atoms with Crippen LogP contribution in [0.25, 0.3) is 0 Å². The predicted octanol–water partition coefficient (Wildman–Crippen LogP) is 0.639. The van der Waals surface area contributed by atoms with Gasteiger partial charge < -0.3 is 14.6 Å². The van der Waals surface area contributed by atoms with Crippen molar-refractivity contribution in [1.29, 1.82) is 0 Å². The third-order valence-electron chi connectivity index (χ3n) is 1.33. The Kier molecular flexibility index (Phi) is 4.77. The summed E-state index contributed by atoms with van der Waals surface area (Å²) in [5.74, 6) is 5.25. The Morgan fingerprint density at radius 2 is 2.13 bits per heavy atom. The quantitative estimate of drug-likeness (QED) is 0.546. The molecule has 5 nitrogen and oxygen atoms in total.